The number of para-hydroxylation sites is 1. The molecule has 1 fully saturated rings. The second kappa shape index (κ2) is 10.9. The van der Waals surface area contributed by atoms with Gasteiger partial charge in [0.2, 0.25) is 0 Å². The number of benzene rings is 2. The van der Waals surface area contributed by atoms with Gasteiger partial charge in [-0.25, -0.2) is 0 Å². The second-order valence-corrected chi connectivity index (χ2v) is 9.81. The largest absolute Gasteiger partial charge is 0.484 e. The first-order valence-electron chi connectivity index (χ1n) is 12.5. The van der Waals surface area contributed by atoms with Crippen LogP contribution in [0, 0.1) is 6.92 Å². The van der Waals surface area contributed by atoms with Gasteiger partial charge in [-0.1, -0.05) is 31.1 Å². The highest BCUT2D eigenvalue weighted by Gasteiger charge is 2.29. The summed E-state index contributed by atoms with van der Waals surface area (Å²) in [6.45, 7) is 10.0. The zero-order valence-electron chi connectivity index (χ0n) is 21.6. The molecule has 0 saturated carbocycles. The summed E-state index contributed by atoms with van der Waals surface area (Å²) in [4.78, 5) is 32.2. The average Bonchev–Trinajstić information content (AvgIpc) is 3.35. The van der Waals surface area contributed by atoms with E-state index in [4.69, 9.17) is 9.26 Å². The number of hydrogen-bond donors (Lipinski definition) is 1. The first-order chi connectivity index (χ1) is 17.2. The van der Waals surface area contributed by atoms with Crippen LogP contribution in [0.2, 0.25) is 0 Å². The van der Waals surface area contributed by atoms with E-state index in [1.54, 1.807) is 24.3 Å². The van der Waals surface area contributed by atoms with Crippen LogP contribution in [0.3, 0.4) is 0 Å². The van der Waals surface area contributed by atoms with Gasteiger partial charge < -0.3 is 19.5 Å². The minimum Gasteiger partial charge on any atom is -0.484 e. The number of nitrogens with one attached hydrogen (secondary N) is 1. The number of aromatic nitrogens is 2. The lowest BCUT2D eigenvalue weighted by atomic mass is 9.97. The van der Waals surface area contributed by atoms with Crippen LogP contribution in [0.25, 0.3) is 11.5 Å². The maximum atomic E-state index is 13.0. The number of nitrogens with zero attached hydrogens (tertiary/aromatic N) is 3. The van der Waals surface area contributed by atoms with Crippen LogP contribution in [0.4, 0.5) is 5.69 Å². The lowest BCUT2D eigenvalue weighted by Crippen LogP contribution is -2.49. The number of likely N-dealkylation sites (tertiary alicyclic amines) is 1. The highest BCUT2D eigenvalue weighted by atomic mass is 16.5. The summed E-state index contributed by atoms with van der Waals surface area (Å²) in [5.74, 6) is 1.37. The van der Waals surface area contributed by atoms with E-state index in [9.17, 15) is 9.59 Å². The third kappa shape index (κ3) is 5.58. The van der Waals surface area contributed by atoms with E-state index < -0.39 is 0 Å². The van der Waals surface area contributed by atoms with Gasteiger partial charge in [-0.3, -0.25) is 9.59 Å². The number of ether oxygens (including phenoxy) is 1. The molecule has 0 radical (unpaired) electrons. The van der Waals surface area contributed by atoms with Gasteiger partial charge in [0.25, 0.3) is 17.7 Å². The fourth-order valence-electron chi connectivity index (χ4n) is 4.61. The van der Waals surface area contributed by atoms with Crippen molar-refractivity contribution in [3.05, 3.63) is 59.4 Å². The van der Waals surface area contributed by atoms with Gasteiger partial charge in [-0.15, -0.1) is 0 Å². The molecule has 1 aliphatic heterocycles. The molecule has 0 spiro atoms. The molecule has 2 amide bonds. The van der Waals surface area contributed by atoms with E-state index in [2.05, 4.69) is 29.3 Å². The van der Waals surface area contributed by atoms with Crippen LogP contribution in [-0.2, 0) is 4.79 Å². The zero-order chi connectivity index (χ0) is 25.8. The molecule has 2 atom stereocenters. The van der Waals surface area contributed by atoms with Crippen molar-refractivity contribution in [3.8, 4) is 17.2 Å². The Morgan fingerprint density at radius 2 is 1.81 bits per heavy atom. The summed E-state index contributed by atoms with van der Waals surface area (Å²) in [5, 5.41) is 7.02. The maximum Gasteiger partial charge on any atom is 0.260 e. The van der Waals surface area contributed by atoms with Crippen LogP contribution >= 0.6 is 0 Å². The number of aryl methyl sites for hydroxylation is 1. The third-order valence-electron chi connectivity index (χ3n) is 6.66. The Labute approximate surface area is 212 Å². The fraction of sp³-hybridized carbons (Fsp3) is 0.429. The topological polar surface area (TPSA) is 97.6 Å². The molecule has 1 aliphatic rings. The fourth-order valence-corrected chi connectivity index (χ4v) is 4.61. The van der Waals surface area contributed by atoms with Crippen molar-refractivity contribution >= 4 is 17.5 Å². The molecule has 8 heteroatoms. The van der Waals surface area contributed by atoms with Crippen LogP contribution < -0.4 is 10.1 Å². The number of piperidine rings is 1. The van der Waals surface area contributed by atoms with Crippen LogP contribution in [-0.4, -0.2) is 45.5 Å². The van der Waals surface area contributed by atoms with Crippen molar-refractivity contribution in [1.82, 2.24) is 15.0 Å². The van der Waals surface area contributed by atoms with E-state index >= 15 is 0 Å². The minimum atomic E-state index is -0.271. The van der Waals surface area contributed by atoms with Gasteiger partial charge in [-0.2, -0.15) is 4.98 Å². The first-order valence-corrected chi connectivity index (χ1v) is 12.5. The molecule has 0 bridgehead atoms. The molecule has 36 heavy (non-hydrogen) atoms. The van der Waals surface area contributed by atoms with Crippen molar-refractivity contribution in [2.24, 2.45) is 0 Å². The summed E-state index contributed by atoms with van der Waals surface area (Å²) < 4.78 is 11.2. The van der Waals surface area contributed by atoms with Crippen LogP contribution in [0.1, 0.15) is 74.6 Å². The Morgan fingerprint density at radius 3 is 2.44 bits per heavy atom. The van der Waals surface area contributed by atoms with Crippen molar-refractivity contribution in [3.63, 3.8) is 0 Å². The van der Waals surface area contributed by atoms with Crippen molar-refractivity contribution < 1.29 is 18.8 Å². The molecule has 190 valence electrons. The van der Waals surface area contributed by atoms with E-state index in [0.717, 1.165) is 24.8 Å². The number of amides is 2. The highest BCUT2D eigenvalue weighted by Crippen LogP contribution is 2.31. The molecule has 1 N–H and O–H groups in total. The van der Waals surface area contributed by atoms with E-state index in [-0.39, 0.29) is 36.4 Å². The zero-order valence-corrected chi connectivity index (χ0v) is 21.6. The van der Waals surface area contributed by atoms with Crippen molar-refractivity contribution in [2.75, 3.05) is 11.9 Å². The first kappa shape index (κ1) is 25.4. The van der Waals surface area contributed by atoms with Gasteiger partial charge in [0, 0.05) is 23.6 Å². The Kier molecular flexibility index (Phi) is 7.72. The average molecular weight is 491 g/mol. The lowest BCUT2D eigenvalue weighted by molar-refractivity contribution is -0.139. The van der Waals surface area contributed by atoms with Crippen molar-refractivity contribution in [2.45, 2.75) is 71.9 Å². The van der Waals surface area contributed by atoms with Gasteiger partial charge in [0.15, 0.2) is 12.4 Å². The molecule has 2 unspecified atom stereocenters. The Morgan fingerprint density at radius 1 is 1.11 bits per heavy atom. The van der Waals surface area contributed by atoms with E-state index in [1.165, 1.54) is 0 Å². The van der Waals surface area contributed by atoms with Crippen LogP contribution in [0.5, 0.6) is 5.75 Å². The summed E-state index contributed by atoms with van der Waals surface area (Å²) in [5.41, 5.74) is 2.64. The number of rotatable bonds is 7. The number of anilines is 1. The molecule has 8 nitrogen and oxygen atoms in total. The molecule has 1 aromatic heterocycles. The second-order valence-electron chi connectivity index (χ2n) is 9.81. The smallest absolute Gasteiger partial charge is 0.260 e. The Hall–Kier alpha value is -3.68. The van der Waals surface area contributed by atoms with Crippen LogP contribution in [0.15, 0.2) is 47.0 Å². The number of carbonyl (C=O) groups is 2. The molecule has 3 aromatic rings. The maximum absolute atomic E-state index is 13.0. The number of hydrogen-bond acceptors (Lipinski definition) is 6. The van der Waals surface area contributed by atoms with Gasteiger partial charge in [-0.05, 0) is 75.9 Å². The summed E-state index contributed by atoms with van der Waals surface area (Å²) in [7, 11) is 0. The Bertz CT molecular complexity index is 1210. The molecule has 0 aliphatic carbocycles. The summed E-state index contributed by atoms with van der Waals surface area (Å²) >= 11 is 0. The van der Waals surface area contributed by atoms with Gasteiger partial charge in [0.1, 0.15) is 5.75 Å². The molecular formula is C28H34N4O4. The van der Waals surface area contributed by atoms with Crippen molar-refractivity contribution in [1.29, 1.82) is 0 Å². The monoisotopic (exact) mass is 490 g/mol. The molecule has 1 saturated heterocycles. The predicted octanol–water partition coefficient (Wildman–Crippen LogP) is 5.59. The van der Waals surface area contributed by atoms with E-state index in [0.29, 0.717) is 34.3 Å². The lowest BCUT2D eigenvalue weighted by Gasteiger charge is -2.38. The third-order valence-corrected chi connectivity index (χ3v) is 6.66. The summed E-state index contributed by atoms with van der Waals surface area (Å²) in [6, 6.07) is 12.9. The quantitative estimate of drug-likeness (QED) is 0.464. The van der Waals surface area contributed by atoms with E-state index in [1.807, 2.05) is 43.9 Å². The van der Waals surface area contributed by atoms with Gasteiger partial charge in [0.05, 0.1) is 11.3 Å². The SMILES string of the molecule is Cc1cccc(-c2nc(C(C)C)no2)c1NC(=O)c1ccc(OCC(=O)N2C(C)CCCC2C)cc1. The Balaban J connectivity index is 1.42. The minimum absolute atomic E-state index is 0.00903. The molecule has 2 aromatic carbocycles. The summed E-state index contributed by atoms with van der Waals surface area (Å²) in [6.07, 6.45) is 3.19. The van der Waals surface area contributed by atoms with Gasteiger partial charge >= 0.3 is 0 Å². The molecule has 2 heterocycles. The standard InChI is InChI=1S/C28H34N4O4/c1-17(2)26-30-28(36-31-26)23-11-6-8-18(3)25(23)29-27(34)21-12-14-22(15-13-21)35-16-24(33)32-19(4)9-7-10-20(32)5/h6,8,11-15,17,19-20H,7,9-10,16H2,1-5H3,(H,29,34). The number of carbonyl (C=O) groups excluding carboxylic acids is 2. The predicted molar refractivity (Wildman–Crippen MR) is 138 cm³/mol. The highest BCUT2D eigenvalue weighted by molar-refractivity contribution is 6.06. The normalized spacial score (nSPS) is 17.8. The molecular weight excluding hydrogens is 456 g/mol. The molecule has 4 rings (SSSR count).